The fourth-order valence-electron chi connectivity index (χ4n) is 2.43. The number of piperidine rings is 1. The summed E-state index contributed by atoms with van der Waals surface area (Å²) in [7, 11) is 0. The summed E-state index contributed by atoms with van der Waals surface area (Å²) in [6.45, 7) is 7.09. The predicted molar refractivity (Wildman–Crippen MR) is 83.6 cm³/mol. The Balaban J connectivity index is 2.14. The molecule has 106 valence electrons. The van der Waals surface area contributed by atoms with Crippen LogP contribution < -0.4 is 10.2 Å². The maximum Gasteiger partial charge on any atom is 0.0574 e. The Labute approximate surface area is 124 Å². The quantitative estimate of drug-likeness (QED) is 0.893. The molecule has 4 heteroatoms. The minimum atomic E-state index is -0.121. The van der Waals surface area contributed by atoms with Crippen molar-refractivity contribution in [2.45, 2.75) is 45.4 Å². The largest absolute Gasteiger partial charge is 0.393 e. The lowest BCUT2D eigenvalue weighted by Crippen LogP contribution is -2.36. The van der Waals surface area contributed by atoms with E-state index in [0.29, 0.717) is 6.04 Å². The maximum atomic E-state index is 9.62. The molecular weight excluding hydrogens is 304 g/mol. The topological polar surface area (TPSA) is 35.5 Å². The third kappa shape index (κ3) is 4.20. The van der Waals surface area contributed by atoms with Crippen molar-refractivity contribution < 1.29 is 5.11 Å². The highest BCUT2D eigenvalue weighted by atomic mass is 79.9. The van der Waals surface area contributed by atoms with Crippen molar-refractivity contribution in [3.63, 3.8) is 0 Å². The second kappa shape index (κ2) is 6.73. The second-order valence-corrected chi connectivity index (χ2v) is 6.44. The first-order valence-corrected chi connectivity index (χ1v) is 7.80. The summed E-state index contributed by atoms with van der Waals surface area (Å²) in [6, 6.07) is 6.95. The molecule has 0 aromatic heterocycles. The number of hydrogen-bond acceptors (Lipinski definition) is 3. The number of benzene rings is 1. The molecule has 1 aliphatic heterocycles. The summed E-state index contributed by atoms with van der Waals surface area (Å²) in [6.07, 6.45) is 1.61. The van der Waals surface area contributed by atoms with Gasteiger partial charge >= 0.3 is 0 Å². The van der Waals surface area contributed by atoms with Crippen molar-refractivity contribution in [2.75, 3.05) is 18.0 Å². The molecule has 19 heavy (non-hydrogen) atoms. The first-order chi connectivity index (χ1) is 9.06. The van der Waals surface area contributed by atoms with Gasteiger partial charge in [0.15, 0.2) is 0 Å². The van der Waals surface area contributed by atoms with Gasteiger partial charge in [0.1, 0.15) is 0 Å². The molecule has 1 aromatic carbocycles. The Kier molecular flexibility index (Phi) is 5.25. The third-order valence-corrected chi connectivity index (χ3v) is 4.04. The molecule has 0 spiro atoms. The van der Waals surface area contributed by atoms with Gasteiger partial charge in [-0.25, -0.2) is 0 Å². The Bertz CT molecular complexity index is 415. The van der Waals surface area contributed by atoms with Crippen LogP contribution in [0.15, 0.2) is 22.7 Å². The Morgan fingerprint density at radius 2 is 2.05 bits per heavy atom. The van der Waals surface area contributed by atoms with Crippen LogP contribution in [0, 0.1) is 0 Å². The second-order valence-electron chi connectivity index (χ2n) is 5.53. The van der Waals surface area contributed by atoms with E-state index in [1.54, 1.807) is 0 Å². The van der Waals surface area contributed by atoms with Gasteiger partial charge < -0.3 is 15.3 Å². The third-order valence-electron chi connectivity index (χ3n) is 3.55. The first-order valence-electron chi connectivity index (χ1n) is 7.01. The molecule has 3 nitrogen and oxygen atoms in total. The summed E-state index contributed by atoms with van der Waals surface area (Å²) in [5.41, 5.74) is 2.61. The molecule has 0 amide bonds. The van der Waals surface area contributed by atoms with Crippen LogP contribution >= 0.6 is 15.9 Å². The Hall–Kier alpha value is -0.580. The molecule has 2 rings (SSSR count). The highest BCUT2D eigenvalue weighted by molar-refractivity contribution is 9.10. The number of aliphatic hydroxyl groups is 1. The molecular formula is C15H23BrN2O. The summed E-state index contributed by atoms with van der Waals surface area (Å²) in [4.78, 5) is 2.39. The van der Waals surface area contributed by atoms with Gasteiger partial charge in [-0.05, 0) is 36.6 Å². The van der Waals surface area contributed by atoms with Gasteiger partial charge in [-0.3, -0.25) is 0 Å². The highest BCUT2D eigenvalue weighted by Crippen LogP contribution is 2.27. The van der Waals surface area contributed by atoms with Crippen molar-refractivity contribution >= 4 is 21.6 Å². The fraction of sp³-hybridized carbons (Fsp3) is 0.600. The Morgan fingerprint density at radius 1 is 1.37 bits per heavy atom. The van der Waals surface area contributed by atoms with Crippen LogP contribution in [0.5, 0.6) is 0 Å². The van der Waals surface area contributed by atoms with Gasteiger partial charge in [-0.15, -0.1) is 0 Å². The number of rotatable bonds is 4. The van der Waals surface area contributed by atoms with E-state index in [4.69, 9.17) is 0 Å². The fourth-order valence-corrected chi connectivity index (χ4v) is 2.83. The van der Waals surface area contributed by atoms with Gasteiger partial charge in [-0.1, -0.05) is 29.8 Å². The zero-order valence-corrected chi connectivity index (χ0v) is 13.3. The maximum absolute atomic E-state index is 9.62. The van der Waals surface area contributed by atoms with Crippen LogP contribution in [0.25, 0.3) is 0 Å². The lowest BCUT2D eigenvalue weighted by Gasteiger charge is -2.33. The van der Waals surface area contributed by atoms with E-state index in [9.17, 15) is 5.11 Å². The van der Waals surface area contributed by atoms with Crippen LogP contribution in [0.1, 0.15) is 32.3 Å². The van der Waals surface area contributed by atoms with Crippen molar-refractivity contribution in [1.29, 1.82) is 0 Å². The van der Waals surface area contributed by atoms with E-state index >= 15 is 0 Å². The lowest BCUT2D eigenvalue weighted by molar-refractivity contribution is 0.145. The molecule has 0 aliphatic carbocycles. The van der Waals surface area contributed by atoms with Gasteiger partial charge in [0.25, 0.3) is 0 Å². The van der Waals surface area contributed by atoms with E-state index in [1.165, 1.54) is 11.3 Å². The SMILES string of the molecule is CC(C)NCc1cc(Br)ccc1N1CCC(O)CC1. The molecule has 1 aromatic rings. The normalized spacial score (nSPS) is 17.2. The highest BCUT2D eigenvalue weighted by Gasteiger charge is 2.19. The summed E-state index contributed by atoms with van der Waals surface area (Å²) < 4.78 is 1.12. The number of hydrogen-bond donors (Lipinski definition) is 2. The summed E-state index contributed by atoms with van der Waals surface area (Å²) in [5.74, 6) is 0. The van der Waals surface area contributed by atoms with Gasteiger partial charge in [-0.2, -0.15) is 0 Å². The van der Waals surface area contributed by atoms with Crippen molar-refractivity contribution in [2.24, 2.45) is 0 Å². The number of aliphatic hydroxyl groups excluding tert-OH is 1. The van der Waals surface area contributed by atoms with Crippen molar-refractivity contribution in [3.05, 3.63) is 28.2 Å². The van der Waals surface area contributed by atoms with Crippen molar-refractivity contribution in [1.82, 2.24) is 5.32 Å². The standard InChI is InChI=1S/C15H23BrN2O/c1-11(2)17-10-12-9-13(16)3-4-15(12)18-7-5-14(19)6-8-18/h3-4,9,11,14,17,19H,5-8,10H2,1-2H3. The zero-order valence-electron chi connectivity index (χ0n) is 11.7. The van der Waals surface area contributed by atoms with E-state index in [-0.39, 0.29) is 6.10 Å². The molecule has 0 radical (unpaired) electrons. The summed E-state index contributed by atoms with van der Waals surface area (Å²) >= 11 is 3.55. The van der Waals surface area contributed by atoms with Crippen LogP contribution in [0.3, 0.4) is 0 Å². The molecule has 0 saturated carbocycles. The average molecular weight is 327 g/mol. The first kappa shape index (κ1) is 14.8. The lowest BCUT2D eigenvalue weighted by atomic mass is 10.0. The minimum Gasteiger partial charge on any atom is -0.393 e. The predicted octanol–water partition coefficient (Wildman–Crippen LogP) is 2.91. The zero-order chi connectivity index (χ0) is 13.8. The van der Waals surface area contributed by atoms with Crippen LogP contribution in [-0.2, 0) is 6.54 Å². The van der Waals surface area contributed by atoms with Gasteiger partial charge in [0, 0.05) is 35.8 Å². The number of halogens is 1. The molecule has 2 N–H and O–H groups in total. The van der Waals surface area contributed by atoms with Gasteiger partial charge in [0.2, 0.25) is 0 Å². The van der Waals surface area contributed by atoms with Gasteiger partial charge in [0.05, 0.1) is 6.10 Å². The van der Waals surface area contributed by atoms with E-state index in [0.717, 1.165) is 36.9 Å². The van der Waals surface area contributed by atoms with E-state index in [1.807, 2.05) is 0 Å². The number of nitrogens with zero attached hydrogens (tertiary/aromatic N) is 1. The number of anilines is 1. The molecule has 0 bridgehead atoms. The molecule has 0 unspecified atom stereocenters. The average Bonchev–Trinajstić information content (AvgIpc) is 2.38. The molecule has 0 atom stereocenters. The molecule has 1 aliphatic rings. The Morgan fingerprint density at radius 3 is 2.68 bits per heavy atom. The van der Waals surface area contributed by atoms with Crippen LogP contribution in [0.4, 0.5) is 5.69 Å². The van der Waals surface area contributed by atoms with Crippen LogP contribution in [0.2, 0.25) is 0 Å². The molecule has 1 heterocycles. The van der Waals surface area contributed by atoms with E-state index in [2.05, 4.69) is 58.2 Å². The smallest absolute Gasteiger partial charge is 0.0574 e. The minimum absolute atomic E-state index is 0.121. The summed E-state index contributed by atoms with van der Waals surface area (Å²) in [5, 5.41) is 13.1. The van der Waals surface area contributed by atoms with E-state index < -0.39 is 0 Å². The molecule has 1 fully saturated rings. The van der Waals surface area contributed by atoms with Crippen molar-refractivity contribution in [3.8, 4) is 0 Å². The molecule has 1 saturated heterocycles. The monoisotopic (exact) mass is 326 g/mol. The van der Waals surface area contributed by atoms with Crippen LogP contribution in [-0.4, -0.2) is 30.3 Å². The number of nitrogens with one attached hydrogen (secondary N) is 1.